The molecule has 0 heterocycles. The van der Waals surface area contributed by atoms with E-state index < -0.39 is 0 Å². The second kappa shape index (κ2) is 9.18. The van der Waals surface area contributed by atoms with Crippen LogP contribution in [0.1, 0.15) is 52.4 Å². The third-order valence-corrected chi connectivity index (χ3v) is 4.23. The van der Waals surface area contributed by atoms with E-state index in [4.69, 9.17) is 0 Å². The Kier molecular flexibility index (Phi) is 9.24. The summed E-state index contributed by atoms with van der Waals surface area (Å²) in [7, 11) is 0.578. The molecule has 0 fully saturated rings. The van der Waals surface area contributed by atoms with Crippen molar-refractivity contribution in [3.8, 4) is 0 Å². The lowest BCUT2D eigenvalue weighted by molar-refractivity contribution is 0.623. The molecule has 1 atom stereocenters. The summed E-state index contributed by atoms with van der Waals surface area (Å²) in [6, 6.07) is 0. The van der Waals surface area contributed by atoms with Gasteiger partial charge in [-0.15, -0.1) is 5.67 Å². The lowest BCUT2D eigenvalue weighted by Gasteiger charge is -2.08. The zero-order valence-corrected chi connectivity index (χ0v) is 9.84. The Morgan fingerprint density at radius 3 is 2.58 bits per heavy atom. The third kappa shape index (κ3) is 6.78. The molecule has 1 unspecified atom stereocenters. The molecule has 1 heteroatoms. The number of rotatable bonds is 7. The summed E-state index contributed by atoms with van der Waals surface area (Å²) in [5.41, 5.74) is 3.42. The Morgan fingerprint density at radius 1 is 1.33 bits per heavy atom. The summed E-state index contributed by atoms with van der Waals surface area (Å²) in [5, 5.41) is 0. The van der Waals surface area contributed by atoms with E-state index >= 15 is 0 Å². The fourth-order valence-corrected chi connectivity index (χ4v) is 2.66. The van der Waals surface area contributed by atoms with Crippen LogP contribution in [0.5, 0.6) is 0 Å². The van der Waals surface area contributed by atoms with Crippen LogP contribution in [0.4, 0.5) is 0 Å². The van der Waals surface area contributed by atoms with Gasteiger partial charge in [0, 0.05) is 0 Å². The van der Waals surface area contributed by atoms with Crippen molar-refractivity contribution >= 4 is 14.8 Å². The van der Waals surface area contributed by atoms with Crippen LogP contribution in [-0.4, -0.2) is 14.8 Å². The van der Waals surface area contributed by atoms with Gasteiger partial charge in [0.2, 0.25) is 0 Å². The molecule has 0 aromatic carbocycles. The smallest absolute Gasteiger partial charge is 0.00862 e. The zero-order chi connectivity index (χ0) is 9.23. The fraction of sp³-hybridized carbons (Fsp3) is 0.818. The summed E-state index contributed by atoms with van der Waals surface area (Å²) in [6.45, 7) is 8.45. The van der Waals surface area contributed by atoms with Crippen molar-refractivity contribution in [2.45, 2.75) is 57.9 Å². The minimum Gasteiger partial charge on any atom is -0.106 e. The summed E-state index contributed by atoms with van der Waals surface area (Å²) in [5.74, 6) is 0. The van der Waals surface area contributed by atoms with E-state index in [1.165, 1.54) is 32.1 Å². The van der Waals surface area contributed by atoms with Crippen molar-refractivity contribution in [1.82, 2.24) is 0 Å². The molecule has 0 saturated heterocycles. The number of hydrogen-bond donors (Lipinski definition) is 0. The highest BCUT2D eigenvalue weighted by molar-refractivity contribution is 6.48. The molecular weight excluding hydrogens is 160 g/mol. The molecule has 0 aliphatic rings. The van der Waals surface area contributed by atoms with Gasteiger partial charge in [0.15, 0.2) is 0 Å². The molecule has 0 rings (SSSR count). The van der Waals surface area contributed by atoms with Crippen LogP contribution in [0.2, 0.25) is 5.54 Å². The maximum absolute atomic E-state index is 3.85. The molecule has 0 bridgehead atoms. The SMILES string of the molecule is [CH2]CC=[SiH]C(CC)CCCCC. The van der Waals surface area contributed by atoms with Crippen molar-refractivity contribution in [3.05, 3.63) is 6.92 Å². The van der Waals surface area contributed by atoms with Crippen molar-refractivity contribution in [2.75, 3.05) is 0 Å². The lowest BCUT2D eigenvalue weighted by atomic mass is 10.1. The first-order chi connectivity index (χ1) is 5.85. The van der Waals surface area contributed by atoms with E-state index in [0.29, 0.717) is 9.13 Å². The molecule has 1 radical (unpaired) electrons. The topological polar surface area (TPSA) is 0 Å². The standard InChI is InChI=1S/C11H23Si/c1-4-7-8-9-11(6-3)12-10-5-2/h10-12H,2,4-9H2,1,3H3. The van der Waals surface area contributed by atoms with Crippen LogP contribution >= 0.6 is 0 Å². The number of hydrogen-bond acceptors (Lipinski definition) is 0. The van der Waals surface area contributed by atoms with Crippen molar-refractivity contribution in [3.63, 3.8) is 0 Å². The highest BCUT2D eigenvalue weighted by Gasteiger charge is 2.00. The second-order valence-corrected chi connectivity index (χ2v) is 5.18. The third-order valence-electron chi connectivity index (χ3n) is 2.28. The predicted molar refractivity (Wildman–Crippen MR) is 61.4 cm³/mol. The van der Waals surface area contributed by atoms with E-state index in [9.17, 15) is 0 Å². The van der Waals surface area contributed by atoms with E-state index in [0.717, 1.165) is 12.0 Å². The Balaban J connectivity index is 3.46. The molecule has 0 N–H and O–H groups in total. The first-order valence-corrected chi connectivity index (χ1v) is 6.64. The molecular formula is C11H23Si. The lowest BCUT2D eigenvalue weighted by Crippen LogP contribution is -1.97. The number of unbranched alkanes of at least 4 members (excludes halogenated alkanes) is 2. The molecule has 0 nitrogen and oxygen atoms in total. The largest absolute Gasteiger partial charge is 0.106 e. The van der Waals surface area contributed by atoms with Crippen molar-refractivity contribution in [2.24, 2.45) is 0 Å². The molecule has 0 aromatic rings. The Morgan fingerprint density at radius 2 is 2.08 bits per heavy atom. The highest BCUT2D eigenvalue weighted by Crippen LogP contribution is 2.15. The molecule has 0 aromatic heterocycles. The Hall–Kier alpha value is 0.0869. The van der Waals surface area contributed by atoms with Crippen LogP contribution in [0.3, 0.4) is 0 Å². The summed E-state index contributed by atoms with van der Waals surface area (Å²) >= 11 is 0. The Labute approximate surface area is 80.2 Å². The van der Waals surface area contributed by atoms with Gasteiger partial charge in [-0.2, -0.15) is 0 Å². The Bertz CT molecular complexity index is 108. The zero-order valence-electron chi connectivity index (χ0n) is 8.68. The maximum atomic E-state index is 3.85. The summed E-state index contributed by atoms with van der Waals surface area (Å²) < 4.78 is 0. The van der Waals surface area contributed by atoms with Gasteiger partial charge in [0.05, 0.1) is 0 Å². The molecule has 0 aliphatic heterocycles. The first-order valence-electron chi connectivity index (χ1n) is 5.31. The van der Waals surface area contributed by atoms with Gasteiger partial charge < -0.3 is 0 Å². The quantitative estimate of drug-likeness (QED) is 0.420. The van der Waals surface area contributed by atoms with E-state index in [2.05, 4.69) is 26.4 Å². The monoisotopic (exact) mass is 183 g/mol. The van der Waals surface area contributed by atoms with Crippen LogP contribution < -0.4 is 0 Å². The van der Waals surface area contributed by atoms with Gasteiger partial charge in [-0.05, 0) is 28.0 Å². The molecule has 0 spiro atoms. The van der Waals surface area contributed by atoms with Gasteiger partial charge in [-0.1, -0.05) is 46.0 Å². The summed E-state index contributed by atoms with van der Waals surface area (Å²) in [4.78, 5) is 0. The van der Waals surface area contributed by atoms with E-state index in [1.54, 1.807) is 0 Å². The highest BCUT2D eigenvalue weighted by atomic mass is 28.2. The predicted octanol–water partition coefficient (Wildman–Crippen LogP) is 3.23. The average Bonchev–Trinajstić information content (AvgIpc) is 2.11. The molecule has 0 amide bonds. The maximum Gasteiger partial charge on any atom is -0.00862 e. The second-order valence-electron chi connectivity index (χ2n) is 3.38. The van der Waals surface area contributed by atoms with Gasteiger partial charge in [0.1, 0.15) is 0 Å². The summed E-state index contributed by atoms with van der Waals surface area (Å²) in [6.07, 6.45) is 8.06. The minimum absolute atomic E-state index is 0.578. The average molecular weight is 183 g/mol. The van der Waals surface area contributed by atoms with Crippen LogP contribution in [0.25, 0.3) is 0 Å². The fourth-order valence-electron chi connectivity index (χ4n) is 1.38. The minimum atomic E-state index is 0.578. The van der Waals surface area contributed by atoms with Gasteiger partial charge in [0.25, 0.3) is 0 Å². The van der Waals surface area contributed by atoms with Crippen molar-refractivity contribution < 1.29 is 0 Å². The normalized spacial score (nSPS) is 13.9. The van der Waals surface area contributed by atoms with Gasteiger partial charge in [-0.3, -0.25) is 0 Å². The van der Waals surface area contributed by atoms with Crippen molar-refractivity contribution in [1.29, 1.82) is 0 Å². The van der Waals surface area contributed by atoms with Crippen LogP contribution in [-0.2, 0) is 0 Å². The molecule has 71 valence electrons. The molecule has 0 aliphatic carbocycles. The van der Waals surface area contributed by atoms with E-state index in [-0.39, 0.29) is 0 Å². The van der Waals surface area contributed by atoms with Crippen LogP contribution in [0, 0.1) is 6.92 Å². The van der Waals surface area contributed by atoms with E-state index in [1.807, 2.05) is 0 Å². The van der Waals surface area contributed by atoms with Crippen LogP contribution in [0.15, 0.2) is 0 Å². The van der Waals surface area contributed by atoms with Gasteiger partial charge >= 0.3 is 0 Å². The first kappa shape index (κ1) is 12.1. The van der Waals surface area contributed by atoms with Gasteiger partial charge in [-0.25, -0.2) is 0 Å². The molecule has 12 heavy (non-hydrogen) atoms. The molecule has 0 saturated carbocycles.